The van der Waals surface area contributed by atoms with Gasteiger partial charge in [0.2, 0.25) is 0 Å². The Hall–Kier alpha value is -2.11. The number of halogens is 1. The van der Waals surface area contributed by atoms with Crippen molar-refractivity contribution in [3.8, 4) is 5.75 Å². The molecule has 1 atom stereocenters. The van der Waals surface area contributed by atoms with Crippen LogP contribution in [-0.2, 0) is 9.53 Å². The summed E-state index contributed by atoms with van der Waals surface area (Å²) in [4.78, 5) is 25.4. The first-order chi connectivity index (χ1) is 10.2. The number of rotatable bonds is 2. The molecule has 5 nitrogen and oxygen atoms in total. The van der Waals surface area contributed by atoms with Gasteiger partial charge in [0, 0.05) is 12.0 Å². The normalized spacial score (nSPS) is 18.5. The van der Waals surface area contributed by atoms with Crippen LogP contribution in [0.1, 0.15) is 38.8 Å². The highest BCUT2D eigenvalue weighted by atomic mass is 19.1. The van der Waals surface area contributed by atoms with Gasteiger partial charge in [-0.25, -0.2) is 9.18 Å². The van der Waals surface area contributed by atoms with E-state index in [2.05, 4.69) is 0 Å². The SMILES string of the molecule is COc1ccc(F)cc1C1CC(=O)CN1C(=O)OC(C)(C)C. The van der Waals surface area contributed by atoms with Crippen LogP contribution in [0.4, 0.5) is 9.18 Å². The molecule has 1 heterocycles. The molecule has 120 valence electrons. The minimum absolute atomic E-state index is 0.0424. The highest BCUT2D eigenvalue weighted by Crippen LogP contribution is 2.37. The molecule has 0 aromatic heterocycles. The molecule has 0 aliphatic carbocycles. The molecule has 1 fully saturated rings. The van der Waals surface area contributed by atoms with Crippen molar-refractivity contribution in [2.24, 2.45) is 0 Å². The van der Waals surface area contributed by atoms with Gasteiger partial charge in [0.25, 0.3) is 0 Å². The number of methoxy groups -OCH3 is 1. The third kappa shape index (κ3) is 3.55. The third-order valence-electron chi connectivity index (χ3n) is 3.32. The van der Waals surface area contributed by atoms with Gasteiger partial charge in [0.05, 0.1) is 19.7 Å². The highest BCUT2D eigenvalue weighted by Gasteiger charge is 2.38. The molecule has 1 aromatic rings. The van der Waals surface area contributed by atoms with Crippen molar-refractivity contribution in [3.63, 3.8) is 0 Å². The van der Waals surface area contributed by atoms with Crippen LogP contribution in [0.25, 0.3) is 0 Å². The predicted molar refractivity (Wildman–Crippen MR) is 78.3 cm³/mol. The minimum atomic E-state index is -0.667. The maximum Gasteiger partial charge on any atom is 0.411 e. The van der Waals surface area contributed by atoms with E-state index in [9.17, 15) is 14.0 Å². The van der Waals surface area contributed by atoms with Crippen molar-refractivity contribution in [2.75, 3.05) is 13.7 Å². The molecule has 1 aromatic carbocycles. The Labute approximate surface area is 129 Å². The summed E-state index contributed by atoms with van der Waals surface area (Å²) in [5, 5.41) is 0. The van der Waals surface area contributed by atoms with E-state index in [1.807, 2.05) is 0 Å². The number of Topliss-reactive ketones (excluding diaryl/α,β-unsaturated/α-hetero) is 1. The Kier molecular flexibility index (Phi) is 4.39. The number of amides is 1. The maximum absolute atomic E-state index is 13.6. The fraction of sp³-hybridized carbons (Fsp3) is 0.500. The van der Waals surface area contributed by atoms with Crippen molar-refractivity contribution in [1.82, 2.24) is 4.90 Å². The summed E-state index contributed by atoms with van der Waals surface area (Å²) in [5.41, 5.74) is -0.196. The van der Waals surface area contributed by atoms with Gasteiger partial charge in [0.15, 0.2) is 5.78 Å². The smallest absolute Gasteiger partial charge is 0.411 e. The fourth-order valence-corrected chi connectivity index (χ4v) is 2.45. The van der Waals surface area contributed by atoms with Gasteiger partial charge >= 0.3 is 6.09 Å². The summed E-state index contributed by atoms with van der Waals surface area (Å²) in [6.07, 6.45) is -0.464. The fourth-order valence-electron chi connectivity index (χ4n) is 2.45. The number of nitrogens with zero attached hydrogens (tertiary/aromatic N) is 1. The molecular formula is C16H20FNO4. The largest absolute Gasteiger partial charge is 0.496 e. The maximum atomic E-state index is 13.6. The molecule has 1 aliphatic heterocycles. The van der Waals surface area contributed by atoms with Gasteiger partial charge in [-0.2, -0.15) is 0 Å². The van der Waals surface area contributed by atoms with Crippen molar-refractivity contribution in [3.05, 3.63) is 29.6 Å². The lowest BCUT2D eigenvalue weighted by Gasteiger charge is -2.28. The van der Waals surface area contributed by atoms with Crippen molar-refractivity contribution in [1.29, 1.82) is 0 Å². The second-order valence-corrected chi connectivity index (χ2v) is 6.25. The molecule has 22 heavy (non-hydrogen) atoms. The number of ketones is 1. The van der Waals surface area contributed by atoms with Gasteiger partial charge in [0.1, 0.15) is 17.2 Å². The topological polar surface area (TPSA) is 55.8 Å². The summed E-state index contributed by atoms with van der Waals surface area (Å²) in [5.74, 6) is -0.101. The Bertz CT molecular complexity index is 594. The summed E-state index contributed by atoms with van der Waals surface area (Å²) in [7, 11) is 1.46. The Balaban J connectivity index is 2.34. The number of carbonyl (C=O) groups is 2. The van der Waals surface area contributed by atoms with E-state index in [-0.39, 0.29) is 18.7 Å². The molecule has 1 aliphatic rings. The predicted octanol–water partition coefficient (Wildman–Crippen LogP) is 3.09. The second-order valence-electron chi connectivity index (χ2n) is 6.25. The van der Waals surface area contributed by atoms with E-state index in [0.29, 0.717) is 11.3 Å². The minimum Gasteiger partial charge on any atom is -0.496 e. The summed E-state index contributed by atoms with van der Waals surface area (Å²) in [6, 6.07) is 3.48. The van der Waals surface area contributed by atoms with E-state index in [1.54, 1.807) is 20.8 Å². The Morgan fingerprint density at radius 1 is 1.36 bits per heavy atom. The first kappa shape index (κ1) is 16.3. The van der Waals surface area contributed by atoms with E-state index in [1.165, 1.54) is 30.2 Å². The van der Waals surface area contributed by atoms with E-state index in [0.717, 1.165) is 0 Å². The molecular weight excluding hydrogens is 289 g/mol. The molecule has 6 heteroatoms. The van der Waals surface area contributed by atoms with E-state index < -0.39 is 23.6 Å². The number of hydrogen-bond donors (Lipinski definition) is 0. The van der Waals surface area contributed by atoms with Crippen LogP contribution < -0.4 is 4.74 Å². The van der Waals surface area contributed by atoms with Gasteiger partial charge in [-0.05, 0) is 39.0 Å². The number of likely N-dealkylation sites (tertiary alicyclic amines) is 1. The Morgan fingerprint density at radius 3 is 2.64 bits per heavy atom. The van der Waals surface area contributed by atoms with Crippen LogP contribution in [-0.4, -0.2) is 36.0 Å². The van der Waals surface area contributed by atoms with Crippen LogP contribution in [0.5, 0.6) is 5.75 Å². The van der Waals surface area contributed by atoms with Gasteiger partial charge in [-0.15, -0.1) is 0 Å². The Morgan fingerprint density at radius 2 is 2.05 bits per heavy atom. The van der Waals surface area contributed by atoms with E-state index >= 15 is 0 Å². The summed E-state index contributed by atoms with van der Waals surface area (Å²) in [6.45, 7) is 5.21. The molecule has 1 unspecified atom stereocenters. The van der Waals surface area contributed by atoms with Crippen molar-refractivity contribution < 1.29 is 23.5 Å². The highest BCUT2D eigenvalue weighted by molar-refractivity contribution is 5.88. The monoisotopic (exact) mass is 309 g/mol. The zero-order valence-electron chi connectivity index (χ0n) is 13.2. The zero-order chi connectivity index (χ0) is 16.5. The average molecular weight is 309 g/mol. The zero-order valence-corrected chi connectivity index (χ0v) is 13.2. The van der Waals surface area contributed by atoms with Crippen molar-refractivity contribution in [2.45, 2.75) is 38.8 Å². The molecule has 0 bridgehead atoms. The number of benzene rings is 1. The average Bonchev–Trinajstić information content (AvgIpc) is 2.79. The van der Waals surface area contributed by atoms with Crippen LogP contribution in [0.15, 0.2) is 18.2 Å². The van der Waals surface area contributed by atoms with E-state index in [4.69, 9.17) is 9.47 Å². The lowest BCUT2D eigenvalue weighted by Crippen LogP contribution is -2.37. The number of carbonyl (C=O) groups excluding carboxylic acids is 2. The lowest BCUT2D eigenvalue weighted by molar-refractivity contribution is -0.117. The molecule has 1 saturated heterocycles. The summed E-state index contributed by atoms with van der Waals surface area (Å²) < 4.78 is 24.1. The first-order valence-corrected chi connectivity index (χ1v) is 7.06. The lowest BCUT2D eigenvalue weighted by atomic mass is 10.0. The standard InChI is InChI=1S/C16H20FNO4/c1-16(2,3)22-15(20)18-9-11(19)8-13(18)12-7-10(17)5-6-14(12)21-4/h5-7,13H,8-9H2,1-4H3. The molecule has 1 amide bonds. The third-order valence-corrected chi connectivity index (χ3v) is 3.32. The molecule has 0 saturated carbocycles. The molecule has 0 N–H and O–H groups in total. The van der Waals surface area contributed by atoms with Gasteiger partial charge in [-0.3, -0.25) is 9.69 Å². The molecule has 2 rings (SSSR count). The van der Waals surface area contributed by atoms with Crippen LogP contribution >= 0.6 is 0 Å². The van der Waals surface area contributed by atoms with Crippen molar-refractivity contribution >= 4 is 11.9 Å². The second kappa shape index (κ2) is 5.94. The quantitative estimate of drug-likeness (QED) is 0.842. The van der Waals surface area contributed by atoms with Crippen LogP contribution in [0.3, 0.4) is 0 Å². The molecule has 0 spiro atoms. The summed E-state index contributed by atoms with van der Waals surface area (Å²) >= 11 is 0. The van der Waals surface area contributed by atoms with Crippen LogP contribution in [0.2, 0.25) is 0 Å². The molecule has 0 radical (unpaired) electrons. The number of ether oxygens (including phenoxy) is 2. The first-order valence-electron chi connectivity index (χ1n) is 7.06. The van der Waals surface area contributed by atoms with Crippen LogP contribution in [0, 0.1) is 5.82 Å². The number of hydrogen-bond acceptors (Lipinski definition) is 4. The van der Waals surface area contributed by atoms with Gasteiger partial charge < -0.3 is 9.47 Å². The van der Waals surface area contributed by atoms with Gasteiger partial charge in [-0.1, -0.05) is 0 Å².